The second-order valence-corrected chi connectivity index (χ2v) is 4.88. The van der Waals surface area contributed by atoms with Gasteiger partial charge in [-0.3, -0.25) is 0 Å². The standard InChI is InChI=1S/C14H17N3O2.C2H6/c1-14(18)8-10-17(11-9-14)13(16-15-2)19-12-6-4-3-5-7-12;1-2/h3-7,18H,8-11H2,1H3;1-2H3/b16-13-;. The lowest BCUT2D eigenvalue weighted by Crippen LogP contribution is -2.46. The molecule has 0 unspecified atom stereocenters. The lowest BCUT2D eigenvalue weighted by Gasteiger charge is -2.35. The molecule has 5 heteroatoms. The van der Waals surface area contributed by atoms with Crippen LogP contribution in [-0.2, 0) is 0 Å². The molecule has 1 aromatic carbocycles. The minimum atomic E-state index is -0.632. The molecule has 0 atom stereocenters. The molecule has 0 aliphatic carbocycles. The Morgan fingerprint density at radius 2 is 1.86 bits per heavy atom. The molecule has 1 N–H and O–H groups in total. The van der Waals surface area contributed by atoms with Gasteiger partial charge in [-0.25, -0.2) is 0 Å². The smallest absolute Gasteiger partial charge is 0.376 e. The van der Waals surface area contributed by atoms with Gasteiger partial charge in [-0.2, -0.15) is 6.57 Å². The van der Waals surface area contributed by atoms with E-state index in [-0.39, 0.29) is 0 Å². The summed E-state index contributed by atoms with van der Waals surface area (Å²) in [5.41, 5.74) is -0.632. The van der Waals surface area contributed by atoms with Crippen molar-refractivity contribution < 1.29 is 9.84 Å². The van der Waals surface area contributed by atoms with Crippen molar-refractivity contribution in [3.05, 3.63) is 41.9 Å². The summed E-state index contributed by atoms with van der Waals surface area (Å²) in [5.74, 6) is 0.655. The van der Waals surface area contributed by atoms with Crippen LogP contribution in [-0.4, -0.2) is 34.7 Å². The van der Waals surface area contributed by atoms with Crippen LogP contribution in [0.15, 0.2) is 35.4 Å². The molecule has 1 aliphatic rings. The van der Waals surface area contributed by atoms with Gasteiger partial charge < -0.3 is 14.7 Å². The molecule has 0 amide bonds. The molecule has 0 spiro atoms. The number of likely N-dealkylation sites (tertiary alicyclic amines) is 1. The fourth-order valence-corrected chi connectivity index (χ4v) is 1.96. The molecule has 0 bridgehead atoms. The summed E-state index contributed by atoms with van der Waals surface area (Å²) >= 11 is 0. The number of amidine groups is 1. The van der Waals surface area contributed by atoms with Crippen LogP contribution in [0.2, 0.25) is 0 Å². The first-order chi connectivity index (χ1) is 10.1. The first-order valence-electron chi connectivity index (χ1n) is 7.25. The Bertz CT molecular complexity index is 482. The molecule has 114 valence electrons. The topological polar surface area (TPSA) is 49.4 Å². The zero-order valence-corrected chi connectivity index (χ0v) is 12.9. The van der Waals surface area contributed by atoms with E-state index in [1.54, 1.807) is 0 Å². The lowest BCUT2D eigenvalue weighted by molar-refractivity contribution is 0.00716. The highest BCUT2D eigenvalue weighted by molar-refractivity contribution is 5.76. The second-order valence-electron chi connectivity index (χ2n) is 4.88. The molecule has 1 fully saturated rings. The van der Waals surface area contributed by atoms with Gasteiger partial charge in [0.1, 0.15) is 10.9 Å². The molecule has 5 nitrogen and oxygen atoms in total. The van der Waals surface area contributed by atoms with Gasteiger partial charge in [0, 0.05) is 13.1 Å². The van der Waals surface area contributed by atoms with Crippen LogP contribution in [0.4, 0.5) is 0 Å². The normalized spacial score (nSPS) is 17.3. The average molecular weight is 289 g/mol. The fourth-order valence-electron chi connectivity index (χ4n) is 1.96. The predicted molar refractivity (Wildman–Crippen MR) is 83.9 cm³/mol. The number of hydrogen-bond donors (Lipinski definition) is 1. The van der Waals surface area contributed by atoms with Crippen LogP contribution < -0.4 is 4.74 Å². The van der Waals surface area contributed by atoms with Gasteiger partial charge in [-0.1, -0.05) is 32.0 Å². The van der Waals surface area contributed by atoms with E-state index in [9.17, 15) is 5.11 Å². The Kier molecular flexibility index (Phi) is 6.70. The van der Waals surface area contributed by atoms with E-state index >= 15 is 0 Å². The number of para-hydroxylation sites is 1. The van der Waals surface area contributed by atoms with E-state index in [1.807, 2.05) is 56.0 Å². The van der Waals surface area contributed by atoms with E-state index in [2.05, 4.69) is 10.1 Å². The summed E-state index contributed by atoms with van der Waals surface area (Å²) < 4.78 is 5.64. The molecule has 0 aromatic heterocycles. The first kappa shape index (κ1) is 17.0. The third kappa shape index (κ3) is 5.44. The van der Waals surface area contributed by atoms with Gasteiger partial charge >= 0.3 is 6.02 Å². The Labute approximate surface area is 126 Å². The zero-order chi connectivity index (χ0) is 15.7. The van der Waals surface area contributed by atoms with Crippen molar-refractivity contribution in [2.75, 3.05) is 13.1 Å². The summed E-state index contributed by atoms with van der Waals surface area (Å²) in [7, 11) is 0. The van der Waals surface area contributed by atoms with Crippen molar-refractivity contribution in [1.82, 2.24) is 4.90 Å². The number of nitrogens with zero attached hydrogens (tertiary/aromatic N) is 3. The molecule has 21 heavy (non-hydrogen) atoms. The third-order valence-electron chi connectivity index (χ3n) is 3.20. The minimum Gasteiger partial charge on any atom is -0.421 e. The molecule has 0 saturated carbocycles. The third-order valence-corrected chi connectivity index (χ3v) is 3.20. The lowest BCUT2D eigenvalue weighted by atomic mass is 9.94. The summed E-state index contributed by atoms with van der Waals surface area (Å²) in [6.07, 6.45) is 1.28. The molecule has 1 heterocycles. The highest BCUT2D eigenvalue weighted by Crippen LogP contribution is 2.22. The number of ether oxygens (including phenoxy) is 1. The van der Waals surface area contributed by atoms with Crippen LogP contribution in [0.25, 0.3) is 4.95 Å². The van der Waals surface area contributed by atoms with Gasteiger partial charge in [-0.05, 0) is 31.9 Å². The maximum Gasteiger partial charge on any atom is 0.376 e. The van der Waals surface area contributed by atoms with Crippen molar-refractivity contribution >= 4 is 6.02 Å². The van der Waals surface area contributed by atoms with E-state index in [1.165, 1.54) is 0 Å². The number of aliphatic hydroxyl groups is 1. The number of piperidine rings is 1. The number of benzene rings is 1. The van der Waals surface area contributed by atoms with E-state index in [4.69, 9.17) is 11.3 Å². The molecule has 2 rings (SSSR count). The highest BCUT2D eigenvalue weighted by Gasteiger charge is 2.30. The minimum absolute atomic E-state index is 0.303. The Hall–Kier alpha value is -2.06. The Morgan fingerprint density at radius 3 is 2.38 bits per heavy atom. The second kappa shape index (κ2) is 8.28. The summed E-state index contributed by atoms with van der Waals surface area (Å²) in [4.78, 5) is 4.94. The summed E-state index contributed by atoms with van der Waals surface area (Å²) in [6.45, 7) is 14.0. The fraction of sp³-hybridized carbons (Fsp3) is 0.500. The predicted octanol–water partition coefficient (Wildman–Crippen LogP) is 3.13. The average Bonchev–Trinajstić information content (AvgIpc) is 2.50. The van der Waals surface area contributed by atoms with Crippen molar-refractivity contribution in [2.24, 2.45) is 5.10 Å². The molecule has 1 aliphatic heterocycles. The zero-order valence-electron chi connectivity index (χ0n) is 12.9. The molecule has 1 saturated heterocycles. The van der Waals surface area contributed by atoms with Crippen LogP contribution >= 0.6 is 0 Å². The quantitative estimate of drug-likeness (QED) is 0.374. The van der Waals surface area contributed by atoms with E-state index in [0.717, 1.165) is 0 Å². The van der Waals surface area contributed by atoms with Gasteiger partial charge in [0.2, 0.25) is 0 Å². The van der Waals surface area contributed by atoms with Gasteiger partial charge in [0.05, 0.1) is 5.60 Å². The Balaban J connectivity index is 0.00000106. The molecule has 0 radical (unpaired) electrons. The van der Waals surface area contributed by atoms with Gasteiger partial charge in [0.25, 0.3) is 0 Å². The first-order valence-corrected chi connectivity index (χ1v) is 7.25. The highest BCUT2D eigenvalue weighted by atomic mass is 16.5. The van der Waals surface area contributed by atoms with E-state index < -0.39 is 5.60 Å². The van der Waals surface area contributed by atoms with E-state index in [0.29, 0.717) is 37.7 Å². The Morgan fingerprint density at radius 1 is 1.29 bits per heavy atom. The van der Waals surface area contributed by atoms with Crippen molar-refractivity contribution in [3.8, 4) is 5.75 Å². The number of hydrogen-bond acceptors (Lipinski definition) is 3. The summed E-state index contributed by atoms with van der Waals surface area (Å²) in [5, 5.41) is 13.6. The van der Waals surface area contributed by atoms with Crippen LogP contribution in [0, 0.1) is 6.57 Å². The van der Waals surface area contributed by atoms with Gasteiger partial charge in [0.15, 0.2) is 0 Å². The maximum absolute atomic E-state index is 9.93. The largest absolute Gasteiger partial charge is 0.421 e. The molecule has 1 aromatic rings. The van der Waals surface area contributed by atoms with Crippen molar-refractivity contribution in [3.63, 3.8) is 0 Å². The van der Waals surface area contributed by atoms with Gasteiger partial charge in [-0.15, -0.1) is 4.95 Å². The maximum atomic E-state index is 9.93. The summed E-state index contributed by atoms with van der Waals surface area (Å²) in [6, 6.07) is 9.57. The SMILES string of the molecule is CC.[C-]#[N+]/N=C(\Oc1ccccc1)N1CCC(C)(O)CC1. The van der Waals surface area contributed by atoms with Crippen LogP contribution in [0.3, 0.4) is 0 Å². The monoisotopic (exact) mass is 289 g/mol. The van der Waals surface area contributed by atoms with Crippen LogP contribution in [0.5, 0.6) is 5.75 Å². The number of rotatable bonds is 1. The van der Waals surface area contributed by atoms with Crippen LogP contribution in [0.1, 0.15) is 33.6 Å². The molecular weight excluding hydrogens is 266 g/mol. The van der Waals surface area contributed by atoms with Crippen molar-refractivity contribution in [1.29, 1.82) is 0 Å². The molecular formula is C16H23N3O2. The van der Waals surface area contributed by atoms with Crippen molar-refractivity contribution in [2.45, 2.75) is 39.2 Å².